The van der Waals surface area contributed by atoms with E-state index in [0.29, 0.717) is 31.6 Å². The highest BCUT2D eigenvalue weighted by Gasteiger charge is 2.20. The Morgan fingerprint density at radius 1 is 1.13 bits per heavy atom. The monoisotopic (exact) mass is 453 g/mol. The first kappa shape index (κ1) is 25.5. The van der Waals surface area contributed by atoms with E-state index in [1.165, 1.54) is 30.0 Å². The minimum Gasteiger partial charge on any atom is -0.370 e. The van der Waals surface area contributed by atoms with Crippen LogP contribution in [0.5, 0.6) is 0 Å². The summed E-state index contributed by atoms with van der Waals surface area (Å²) in [5.74, 6) is 0.912. The third kappa shape index (κ3) is 11.5. The van der Waals surface area contributed by atoms with Crippen molar-refractivity contribution in [2.75, 3.05) is 31.3 Å². The quantitative estimate of drug-likeness (QED) is 0.191. The predicted octanol–water partition coefficient (Wildman–Crippen LogP) is 3.92. The molecule has 8 nitrogen and oxygen atoms in total. The van der Waals surface area contributed by atoms with Gasteiger partial charge < -0.3 is 11.1 Å². The van der Waals surface area contributed by atoms with Gasteiger partial charge in [0.05, 0.1) is 12.9 Å². The van der Waals surface area contributed by atoms with E-state index in [0.717, 1.165) is 57.1 Å². The fourth-order valence-electron chi connectivity index (χ4n) is 3.75. The number of anilines is 1. The first-order valence-corrected chi connectivity index (χ1v) is 13.4. The summed E-state index contributed by atoms with van der Waals surface area (Å²) in [6.45, 7) is 1.65. The molecule has 1 fully saturated rings. The molecule has 1 heterocycles. The Labute approximate surface area is 187 Å². The molecule has 0 amide bonds. The van der Waals surface area contributed by atoms with E-state index in [-0.39, 0.29) is 0 Å². The molecule has 0 unspecified atom stereocenters. The van der Waals surface area contributed by atoms with Crippen molar-refractivity contribution in [1.82, 2.24) is 9.45 Å². The van der Waals surface area contributed by atoms with Crippen molar-refractivity contribution in [3.05, 3.63) is 24.5 Å². The molecule has 0 aromatic carbocycles. The number of hydrogen-bond donors (Lipinski definition) is 2. The van der Waals surface area contributed by atoms with Crippen molar-refractivity contribution in [2.24, 2.45) is 16.6 Å². The lowest BCUT2D eigenvalue weighted by atomic mass is 9.90. The Hall–Kier alpha value is -1.71. The average Bonchev–Trinajstić information content (AvgIpc) is 2.75. The van der Waals surface area contributed by atoms with Crippen molar-refractivity contribution in [3.8, 4) is 0 Å². The number of hydroxylamine groups is 1. The topological polar surface area (TPSA) is 110 Å². The highest BCUT2D eigenvalue weighted by molar-refractivity contribution is 7.88. The zero-order valence-electron chi connectivity index (χ0n) is 18.8. The van der Waals surface area contributed by atoms with E-state index >= 15 is 0 Å². The number of nitrogens with two attached hydrogens (primary N) is 1. The van der Waals surface area contributed by atoms with Crippen LogP contribution in [-0.4, -0.2) is 49.8 Å². The van der Waals surface area contributed by atoms with Crippen LogP contribution in [0.4, 0.5) is 5.69 Å². The Morgan fingerprint density at radius 2 is 1.77 bits per heavy atom. The van der Waals surface area contributed by atoms with E-state index in [9.17, 15) is 8.42 Å². The summed E-state index contributed by atoms with van der Waals surface area (Å²) in [5.41, 5.74) is 6.75. The van der Waals surface area contributed by atoms with Gasteiger partial charge in [-0.05, 0) is 43.7 Å². The average molecular weight is 454 g/mol. The van der Waals surface area contributed by atoms with Crippen LogP contribution in [0.25, 0.3) is 0 Å². The maximum absolute atomic E-state index is 12.0. The Kier molecular flexibility index (Phi) is 11.8. The van der Waals surface area contributed by atoms with E-state index < -0.39 is 10.0 Å². The smallest absolute Gasteiger partial charge is 0.233 e. The number of nitrogens with one attached hydrogen (secondary N) is 1. The third-order valence-corrected chi connectivity index (χ3v) is 6.56. The second-order valence-corrected chi connectivity index (χ2v) is 10.2. The molecule has 1 aliphatic carbocycles. The maximum atomic E-state index is 12.0. The molecule has 1 saturated carbocycles. The number of guanidine groups is 1. The molecule has 0 atom stereocenters. The highest BCUT2D eigenvalue weighted by Crippen LogP contribution is 2.24. The minimum absolute atomic E-state index is 0.417. The van der Waals surface area contributed by atoms with Crippen LogP contribution >= 0.6 is 0 Å². The second-order valence-electron chi connectivity index (χ2n) is 8.34. The number of hydrogen-bond acceptors (Lipinski definition) is 5. The number of rotatable bonds is 14. The van der Waals surface area contributed by atoms with Gasteiger partial charge in [0, 0.05) is 31.2 Å². The molecule has 176 valence electrons. The van der Waals surface area contributed by atoms with Gasteiger partial charge in [0.1, 0.15) is 0 Å². The Morgan fingerprint density at radius 3 is 2.45 bits per heavy atom. The predicted molar refractivity (Wildman–Crippen MR) is 126 cm³/mol. The summed E-state index contributed by atoms with van der Waals surface area (Å²) in [7, 11) is -3.33. The zero-order chi connectivity index (χ0) is 22.4. The number of pyridine rings is 1. The van der Waals surface area contributed by atoms with Crippen LogP contribution in [0, 0.1) is 5.92 Å². The Balaban J connectivity index is 1.52. The standard InChI is InChI=1S/C22H39N5O3S/c1-31(28,29)27(30-19-20-11-7-6-8-12-20)18-10-5-3-2-4-9-15-25-22(23)26-21-13-16-24-17-14-21/h13-14,16-17,20H,2-12,15,18-19H2,1H3,(H3,23,24,25,26). The molecule has 9 heteroatoms. The summed E-state index contributed by atoms with van der Waals surface area (Å²) in [4.78, 5) is 14.0. The van der Waals surface area contributed by atoms with E-state index in [1.807, 2.05) is 12.1 Å². The fraction of sp³-hybridized carbons (Fsp3) is 0.727. The lowest BCUT2D eigenvalue weighted by Gasteiger charge is -2.25. The van der Waals surface area contributed by atoms with Crippen LogP contribution in [0.15, 0.2) is 29.5 Å². The van der Waals surface area contributed by atoms with Gasteiger partial charge in [0.2, 0.25) is 10.0 Å². The van der Waals surface area contributed by atoms with Gasteiger partial charge >= 0.3 is 0 Å². The molecule has 0 spiro atoms. The third-order valence-electron chi connectivity index (χ3n) is 5.53. The lowest BCUT2D eigenvalue weighted by Crippen LogP contribution is -2.33. The number of aliphatic imine (C=N–C) groups is 1. The SMILES string of the molecule is CS(=O)(=O)N(CCCCCCCCN=C(N)Nc1ccncc1)OCC1CCCCC1. The van der Waals surface area contributed by atoms with Crippen molar-refractivity contribution in [3.63, 3.8) is 0 Å². The van der Waals surface area contributed by atoms with Crippen LogP contribution in [0.1, 0.15) is 70.6 Å². The van der Waals surface area contributed by atoms with Gasteiger partial charge in [0.15, 0.2) is 5.96 Å². The van der Waals surface area contributed by atoms with Crippen molar-refractivity contribution >= 4 is 21.7 Å². The van der Waals surface area contributed by atoms with E-state index in [4.69, 9.17) is 10.6 Å². The van der Waals surface area contributed by atoms with Gasteiger partial charge in [-0.3, -0.25) is 14.8 Å². The summed E-state index contributed by atoms with van der Waals surface area (Å²) < 4.78 is 25.2. The molecule has 1 aromatic heterocycles. The van der Waals surface area contributed by atoms with Crippen LogP contribution in [0.3, 0.4) is 0 Å². The molecule has 31 heavy (non-hydrogen) atoms. The molecular formula is C22H39N5O3S. The van der Waals surface area contributed by atoms with Crippen molar-refractivity contribution < 1.29 is 13.3 Å². The number of aromatic nitrogens is 1. The molecule has 0 saturated heterocycles. The van der Waals surface area contributed by atoms with Crippen molar-refractivity contribution in [2.45, 2.75) is 70.6 Å². The first-order chi connectivity index (χ1) is 14.9. The molecule has 0 aliphatic heterocycles. The van der Waals surface area contributed by atoms with E-state index in [1.54, 1.807) is 12.4 Å². The molecule has 1 aromatic rings. The van der Waals surface area contributed by atoms with Gasteiger partial charge in [-0.25, -0.2) is 8.42 Å². The van der Waals surface area contributed by atoms with Gasteiger partial charge in [-0.15, -0.1) is 0 Å². The zero-order valence-corrected chi connectivity index (χ0v) is 19.7. The maximum Gasteiger partial charge on any atom is 0.233 e. The van der Waals surface area contributed by atoms with Gasteiger partial charge in [0.25, 0.3) is 0 Å². The minimum atomic E-state index is -3.33. The summed E-state index contributed by atoms with van der Waals surface area (Å²) >= 11 is 0. The van der Waals surface area contributed by atoms with Crippen molar-refractivity contribution in [1.29, 1.82) is 0 Å². The molecule has 3 N–H and O–H groups in total. The summed E-state index contributed by atoms with van der Waals surface area (Å²) in [5, 5.41) is 3.04. The van der Waals surface area contributed by atoms with Crippen LogP contribution < -0.4 is 11.1 Å². The van der Waals surface area contributed by atoms with E-state index in [2.05, 4.69) is 15.3 Å². The lowest BCUT2D eigenvalue weighted by molar-refractivity contribution is -0.102. The largest absolute Gasteiger partial charge is 0.370 e. The molecule has 0 radical (unpaired) electrons. The molecule has 1 aliphatic rings. The van der Waals surface area contributed by atoms with Crippen LogP contribution in [-0.2, 0) is 14.9 Å². The molecule has 0 bridgehead atoms. The normalized spacial score (nSPS) is 16.0. The summed E-state index contributed by atoms with van der Waals surface area (Å²) in [6.07, 6.45) is 16.7. The van der Waals surface area contributed by atoms with Gasteiger partial charge in [-0.1, -0.05) is 49.4 Å². The summed E-state index contributed by atoms with van der Waals surface area (Å²) in [6, 6.07) is 3.68. The highest BCUT2D eigenvalue weighted by atomic mass is 32.2. The Bertz CT molecular complexity index is 737. The fourth-order valence-corrected chi connectivity index (χ4v) is 4.46. The van der Waals surface area contributed by atoms with Gasteiger partial charge in [-0.2, -0.15) is 0 Å². The molecular weight excluding hydrogens is 414 g/mol. The first-order valence-electron chi connectivity index (χ1n) is 11.5. The second kappa shape index (κ2) is 14.4. The number of sulfonamides is 1. The van der Waals surface area contributed by atoms with Crippen LogP contribution in [0.2, 0.25) is 0 Å². The number of nitrogens with zero attached hydrogens (tertiary/aromatic N) is 3. The number of unbranched alkanes of at least 4 members (excludes halogenated alkanes) is 5. The molecule has 2 rings (SSSR count).